The Morgan fingerprint density at radius 2 is 1.71 bits per heavy atom. The first-order valence-electron chi connectivity index (χ1n) is 6.34. The van der Waals surface area contributed by atoms with Gasteiger partial charge in [-0.3, -0.25) is 4.79 Å². The normalized spacial score (nSPS) is 73.5. The molecule has 7 fully saturated rings. The highest BCUT2D eigenvalue weighted by molar-refractivity contribution is 9.10. The molecule has 6 aliphatic carbocycles. The van der Waals surface area contributed by atoms with Gasteiger partial charge in [0.1, 0.15) is 0 Å². The van der Waals surface area contributed by atoms with Crippen LogP contribution in [0, 0.1) is 40.9 Å². The predicted octanol–water partition coefficient (Wildman–Crippen LogP) is 0.699. The Hall–Kier alpha value is -0.130. The lowest BCUT2D eigenvalue weighted by atomic mass is 9.14. The molecule has 0 unspecified atom stereocenters. The minimum atomic E-state index is -0.629. The van der Waals surface area contributed by atoms with E-state index >= 15 is 0 Å². The molecule has 4 nitrogen and oxygen atoms in total. The Morgan fingerprint density at radius 3 is 2.29 bits per heavy atom. The molecular weight excluding hydrogens is 288 g/mol. The number of carboxylic acid groups (broad SMARTS) is 1. The summed E-state index contributed by atoms with van der Waals surface area (Å²) in [5, 5.41) is 9.71. The fourth-order valence-corrected chi connectivity index (χ4v) is 8.83. The van der Waals surface area contributed by atoms with Crippen LogP contribution in [0.3, 0.4) is 0 Å². The zero-order valence-electron chi connectivity index (χ0n) is 8.93. The SMILES string of the molecule is O=C(O)[C@]12[C@H]3[C@H]4[C@@H]5[C@@H]3C3(OCCO3)[C@]1(Br)[C@H]5[C@H]42. The van der Waals surface area contributed by atoms with Gasteiger partial charge in [-0.05, 0) is 29.6 Å². The lowest BCUT2D eigenvalue weighted by molar-refractivity contribution is -0.410. The van der Waals surface area contributed by atoms with Crippen molar-refractivity contribution in [2.24, 2.45) is 40.9 Å². The third-order valence-corrected chi connectivity index (χ3v) is 8.74. The number of ether oxygens (including phenoxy) is 2. The Balaban J connectivity index is 1.66. The maximum absolute atomic E-state index is 11.8. The average molecular weight is 299 g/mol. The van der Waals surface area contributed by atoms with Crippen molar-refractivity contribution in [3.63, 3.8) is 0 Å². The Kier molecular flexibility index (Phi) is 0.998. The smallest absolute Gasteiger partial charge is 0.311 e. The molecule has 1 aliphatic heterocycles. The number of hydrogen-bond acceptors (Lipinski definition) is 3. The van der Waals surface area contributed by atoms with Crippen LogP contribution in [0.1, 0.15) is 0 Å². The second-order valence-electron chi connectivity index (χ2n) is 6.51. The Bertz CT molecular complexity index is 515. The van der Waals surface area contributed by atoms with E-state index in [0.29, 0.717) is 48.7 Å². The minimum Gasteiger partial charge on any atom is -0.481 e. The van der Waals surface area contributed by atoms with Crippen molar-refractivity contribution in [2.45, 2.75) is 10.1 Å². The van der Waals surface area contributed by atoms with Crippen molar-refractivity contribution in [1.82, 2.24) is 0 Å². The van der Waals surface area contributed by atoms with Gasteiger partial charge in [-0.2, -0.15) is 0 Å². The van der Waals surface area contributed by atoms with Crippen LogP contribution in [-0.4, -0.2) is 34.4 Å². The number of carboxylic acids is 1. The number of hydrogen-bond donors (Lipinski definition) is 1. The van der Waals surface area contributed by atoms with Gasteiger partial charge >= 0.3 is 5.97 Å². The second kappa shape index (κ2) is 1.91. The summed E-state index contributed by atoms with van der Waals surface area (Å²) in [6.07, 6.45) is 0. The maximum Gasteiger partial charge on any atom is 0.311 e. The fraction of sp³-hybridized carbons (Fsp3) is 0.917. The fourth-order valence-electron chi connectivity index (χ4n) is 7.05. The van der Waals surface area contributed by atoms with Crippen LogP contribution in [0.15, 0.2) is 0 Å². The molecule has 0 radical (unpaired) electrons. The monoisotopic (exact) mass is 298 g/mol. The molecule has 17 heavy (non-hydrogen) atoms. The van der Waals surface area contributed by atoms with Crippen LogP contribution in [-0.2, 0) is 14.3 Å². The van der Waals surface area contributed by atoms with Crippen LogP contribution in [0.2, 0.25) is 0 Å². The number of aliphatic carboxylic acids is 1. The van der Waals surface area contributed by atoms with Crippen LogP contribution < -0.4 is 0 Å². The summed E-state index contributed by atoms with van der Waals surface area (Å²) in [5.74, 6) is 1.71. The van der Waals surface area contributed by atoms with E-state index in [9.17, 15) is 9.90 Å². The summed E-state index contributed by atoms with van der Waals surface area (Å²) in [5.41, 5.74) is -0.563. The zero-order valence-corrected chi connectivity index (χ0v) is 10.5. The van der Waals surface area contributed by atoms with E-state index in [-0.39, 0.29) is 0 Å². The molecule has 8 atom stereocenters. The highest BCUT2D eigenvalue weighted by Crippen LogP contribution is 3.04. The molecule has 0 aromatic heterocycles. The number of alkyl halides is 1. The molecule has 0 aromatic rings. The van der Waals surface area contributed by atoms with E-state index in [2.05, 4.69) is 15.9 Å². The van der Waals surface area contributed by atoms with Crippen LogP contribution >= 0.6 is 15.9 Å². The highest BCUT2D eigenvalue weighted by atomic mass is 79.9. The van der Waals surface area contributed by atoms with Gasteiger partial charge in [-0.1, -0.05) is 15.9 Å². The first-order chi connectivity index (χ1) is 8.14. The largest absolute Gasteiger partial charge is 0.481 e. The minimum absolute atomic E-state index is 0.317. The van der Waals surface area contributed by atoms with Crippen molar-refractivity contribution in [2.75, 3.05) is 13.2 Å². The lowest BCUT2D eigenvalue weighted by Gasteiger charge is -2.89. The molecule has 0 amide bonds. The first kappa shape index (κ1) is 8.88. The summed E-state index contributed by atoms with van der Waals surface area (Å²) in [7, 11) is 0. The molecule has 2 bridgehead atoms. The molecule has 7 rings (SSSR count). The van der Waals surface area contributed by atoms with Crippen LogP contribution in [0.4, 0.5) is 0 Å². The van der Waals surface area contributed by atoms with Crippen LogP contribution in [0.5, 0.6) is 0 Å². The summed E-state index contributed by atoms with van der Waals surface area (Å²) < 4.78 is 11.5. The van der Waals surface area contributed by atoms with E-state index in [1.54, 1.807) is 0 Å². The van der Waals surface area contributed by atoms with E-state index < -0.39 is 21.5 Å². The molecule has 1 heterocycles. The van der Waals surface area contributed by atoms with Crippen molar-refractivity contribution in [1.29, 1.82) is 0 Å². The molecule has 1 spiro atoms. The molecule has 1 N–H and O–H groups in total. The van der Waals surface area contributed by atoms with Crippen molar-refractivity contribution < 1.29 is 19.4 Å². The molecule has 7 aliphatic rings. The molecule has 0 aromatic carbocycles. The van der Waals surface area contributed by atoms with Gasteiger partial charge in [0.25, 0.3) is 0 Å². The quantitative estimate of drug-likeness (QED) is 0.724. The van der Waals surface area contributed by atoms with Crippen molar-refractivity contribution in [3.05, 3.63) is 0 Å². The zero-order chi connectivity index (χ0) is 11.4. The Morgan fingerprint density at radius 1 is 1.12 bits per heavy atom. The number of halogens is 1. The molecule has 1 saturated heterocycles. The lowest BCUT2D eigenvalue weighted by Crippen LogP contribution is -2.94. The third-order valence-electron chi connectivity index (χ3n) is 7.01. The molecule has 6 saturated carbocycles. The predicted molar refractivity (Wildman–Crippen MR) is 57.3 cm³/mol. The summed E-state index contributed by atoms with van der Waals surface area (Å²) in [4.78, 5) is 11.8. The van der Waals surface area contributed by atoms with E-state index in [1.807, 2.05) is 0 Å². The molecular formula is C12H11BrO4. The number of carbonyl (C=O) groups is 1. The Labute approximate surface area is 106 Å². The van der Waals surface area contributed by atoms with Gasteiger partial charge in [-0.15, -0.1) is 0 Å². The summed E-state index contributed by atoms with van der Waals surface area (Å²) in [6, 6.07) is 0. The van der Waals surface area contributed by atoms with Gasteiger partial charge in [0.15, 0.2) is 5.79 Å². The number of rotatable bonds is 1. The summed E-state index contributed by atoms with van der Waals surface area (Å²) in [6.45, 7) is 1.22. The van der Waals surface area contributed by atoms with E-state index in [0.717, 1.165) is 0 Å². The maximum atomic E-state index is 11.8. The average Bonchev–Trinajstić information content (AvgIpc) is 2.76. The van der Waals surface area contributed by atoms with Gasteiger partial charge in [0.2, 0.25) is 0 Å². The second-order valence-corrected chi connectivity index (χ2v) is 7.76. The molecule has 5 heteroatoms. The topological polar surface area (TPSA) is 55.8 Å². The third kappa shape index (κ3) is 0.424. The van der Waals surface area contributed by atoms with Crippen molar-refractivity contribution in [3.8, 4) is 0 Å². The van der Waals surface area contributed by atoms with Gasteiger partial charge in [0, 0.05) is 5.92 Å². The van der Waals surface area contributed by atoms with Crippen molar-refractivity contribution >= 4 is 21.9 Å². The van der Waals surface area contributed by atoms with Gasteiger partial charge in [-0.25, -0.2) is 0 Å². The summed E-state index contributed by atoms with van der Waals surface area (Å²) >= 11 is 3.80. The van der Waals surface area contributed by atoms with Gasteiger partial charge in [0.05, 0.1) is 23.0 Å². The highest BCUT2D eigenvalue weighted by Gasteiger charge is 3.11. The van der Waals surface area contributed by atoms with Crippen LogP contribution in [0.25, 0.3) is 0 Å². The van der Waals surface area contributed by atoms with Gasteiger partial charge < -0.3 is 14.6 Å². The van der Waals surface area contributed by atoms with E-state index in [1.165, 1.54) is 0 Å². The molecule has 90 valence electrons. The standard InChI is InChI=1S/C12H11BrO4/c13-11-7-4-3-5(7)10(11,9(14)15)6(3)8(4)12(11)16-1-2-17-12/h3-8H,1-2H2,(H,14,15)/t3-,4-,5-,6-,7+,8-,10-,11-/m0/s1. The first-order valence-corrected chi connectivity index (χ1v) is 7.13. The van der Waals surface area contributed by atoms with E-state index in [4.69, 9.17) is 9.47 Å².